The van der Waals surface area contributed by atoms with Gasteiger partial charge in [0.15, 0.2) is 17.3 Å². The Bertz CT molecular complexity index is 601. The number of tetrazole rings is 1. The Morgan fingerprint density at radius 3 is 2.89 bits per heavy atom. The highest BCUT2D eigenvalue weighted by Crippen LogP contribution is 2.31. The first-order valence-electron chi connectivity index (χ1n) is 5.81. The van der Waals surface area contributed by atoms with Gasteiger partial charge in [0.1, 0.15) is 6.54 Å². The zero-order chi connectivity index (χ0) is 13.7. The first-order chi connectivity index (χ1) is 9.30. The number of hydrogen-bond acceptors (Lipinski definition) is 5. The molecule has 0 saturated carbocycles. The van der Waals surface area contributed by atoms with Crippen LogP contribution in [0.2, 0.25) is 0 Å². The first kappa shape index (κ1) is 12.9. The maximum absolute atomic E-state index is 5.52. The highest BCUT2D eigenvalue weighted by Gasteiger charge is 2.12. The minimum atomic E-state index is 0.318. The molecule has 0 radical (unpaired) electrons. The third kappa shape index (κ3) is 2.65. The number of rotatable bonds is 5. The van der Waals surface area contributed by atoms with Gasteiger partial charge >= 0.3 is 0 Å². The Morgan fingerprint density at radius 1 is 1.37 bits per heavy atom. The number of hydrogen-bond donors (Lipinski definition) is 0. The SMILES string of the molecule is C#CCn1nnnc1-c1ccc(OC)c(OCC)c1. The number of benzene rings is 1. The van der Waals surface area contributed by atoms with Gasteiger partial charge < -0.3 is 9.47 Å². The Morgan fingerprint density at radius 2 is 2.21 bits per heavy atom. The summed E-state index contributed by atoms with van der Waals surface area (Å²) < 4.78 is 12.3. The van der Waals surface area contributed by atoms with Gasteiger partial charge in [0.2, 0.25) is 0 Å². The van der Waals surface area contributed by atoms with Gasteiger partial charge in [0.25, 0.3) is 0 Å². The molecule has 1 aromatic heterocycles. The molecule has 98 valence electrons. The molecule has 0 unspecified atom stereocenters. The van der Waals surface area contributed by atoms with Gasteiger partial charge in [-0.1, -0.05) is 5.92 Å². The Labute approximate surface area is 111 Å². The summed E-state index contributed by atoms with van der Waals surface area (Å²) in [5, 5.41) is 11.4. The van der Waals surface area contributed by atoms with Crippen LogP contribution in [0.1, 0.15) is 6.92 Å². The molecule has 19 heavy (non-hydrogen) atoms. The van der Waals surface area contributed by atoms with Crippen LogP contribution in [0.4, 0.5) is 0 Å². The molecule has 0 spiro atoms. The lowest BCUT2D eigenvalue weighted by Gasteiger charge is -2.10. The van der Waals surface area contributed by atoms with Gasteiger partial charge in [-0.25, -0.2) is 4.68 Å². The Balaban J connectivity index is 2.42. The third-order valence-corrected chi connectivity index (χ3v) is 2.49. The minimum absolute atomic E-state index is 0.318. The summed E-state index contributed by atoms with van der Waals surface area (Å²) in [6.07, 6.45) is 5.28. The van der Waals surface area contributed by atoms with E-state index in [0.29, 0.717) is 30.5 Å². The van der Waals surface area contributed by atoms with Gasteiger partial charge in [0.05, 0.1) is 13.7 Å². The van der Waals surface area contributed by atoms with E-state index in [4.69, 9.17) is 15.9 Å². The van der Waals surface area contributed by atoms with Gasteiger partial charge in [-0.05, 0) is 35.5 Å². The van der Waals surface area contributed by atoms with Crippen LogP contribution < -0.4 is 9.47 Å². The maximum atomic E-state index is 5.52. The summed E-state index contributed by atoms with van der Waals surface area (Å²) in [5.41, 5.74) is 0.824. The van der Waals surface area contributed by atoms with E-state index in [1.165, 1.54) is 0 Å². The van der Waals surface area contributed by atoms with Crippen molar-refractivity contribution in [1.29, 1.82) is 0 Å². The fourth-order valence-electron chi connectivity index (χ4n) is 1.69. The monoisotopic (exact) mass is 258 g/mol. The van der Waals surface area contributed by atoms with Crippen LogP contribution in [0.5, 0.6) is 11.5 Å². The van der Waals surface area contributed by atoms with Crippen LogP contribution in [-0.2, 0) is 6.54 Å². The number of aromatic nitrogens is 4. The third-order valence-electron chi connectivity index (χ3n) is 2.49. The number of nitrogens with zero attached hydrogens (tertiary/aromatic N) is 4. The van der Waals surface area contributed by atoms with E-state index < -0.39 is 0 Å². The Hall–Kier alpha value is -2.55. The first-order valence-corrected chi connectivity index (χ1v) is 5.81. The van der Waals surface area contributed by atoms with Crippen molar-refractivity contribution in [3.63, 3.8) is 0 Å². The fraction of sp³-hybridized carbons (Fsp3) is 0.308. The van der Waals surface area contributed by atoms with E-state index in [-0.39, 0.29) is 0 Å². The molecule has 0 N–H and O–H groups in total. The zero-order valence-electron chi connectivity index (χ0n) is 10.8. The van der Waals surface area contributed by atoms with Crippen LogP contribution in [0.25, 0.3) is 11.4 Å². The molecule has 0 bridgehead atoms. The summed E-state index contributed by atoms with van der Waals surface area (Å²) in [7, 11) is 1.60. The van der Waals surface area contributed by atoms with Crippen molar-refractivity contribution in [2.75, 3.05) is 13.7 Å². The zero-order valence-corrected chi connectivity index (χ0v) is 10.8. The molecule has 6 nitrogen and oxygen atoms in total. The normalized spacial score (nSPS) is 9.95. The molecule has 1 heterocycles. The predicted molar refractivity (Wildman–Crippen MR) is 69.8 cm³/mol. The van der Waals surface area contributed by atoms with Crippen LogP contribution in [0, 0.1) is 12.3 Å². The summed E-state index contributed by atoms with van der Waals surface area (Å²) in [4.78, 5) is 0. The van der Waals surface area contributed by atoms with E-state index in [0.717, 1.165) is 5.56 Å². The molecular formula is C13H14N4O2. The lowest BCUT2D eigenvalue weighted by molar-refractivity contribution is 0.311. The smallest absolute Gasteiger partial charge is 0.183 e. The molecular weight excluding hydrogens is 244 g/mol. The summed E-state index contributed by atoms with van der Waals surface area (Å²) >= 11 is 0. The van der Waals surface area contributed by atoms with Gasteiger partial charge in [-0.15, -0.1) is 11.5 Å². The molecule has 0 atom stereocenters. The van der Waals surface area contributed by atoms with E-state index in [2.05, 4.69) is 21.4 Å². The van der Waals surface area contributed by atoms with Gasteiger partial charge in [-0.3, -0.25) is 0 Å². The lowest BCUT2D eigenvalue weighted by atomic mass is 10.2. The van der Waals surface area contributed by atoms with Crippen molar-refractivity contribution in [3.8, 4) is 35.2 Å². The largest absolute Gasteiger partial charge is 0.493 e. The number of ether oxygens (including phenoxy) is 2. The maximum Gasteiger partial charge on any atom is 0.183 e. The van der Waals surface area contributed by atoms with E-state index in [1.54, 1.807) is 11.8 Å². The van der Waals surface area contributed by atoms with Crippen LogP contribution in [-0.4, -0.2) is 33.9 Å². The average Bonchev–Trinajstić information content (AvgIpc) is 2.88. The molecule has 0 aliphatic rings. The van der Waals surface area contributed by atoms with Crippen LogP contribution in [0.3, 0.4) is 0 Å². The highest BCUT2D eigenvalue weighted by atomic mass is 16.5. The Kier molecular flexibility index (Phi) is 3.98. The molecule has 0 saturated heterocycles. The summed E-state index contributed by atoms with van der Waals surface area (Å²) in [6.45, 7) is 2.78. The van der Waals surface area contributed by atoms with Gasteiger partial charge in [-0.2, -0.15) is 0 Å². The van der Waals surface area contributed by atoms with Crippen molar-refractivity contribution in [2.45, 2.75) is 13.5 Å². The van der Waals surface area contributed by atoms with Gasteiger partial charge in [0, 0.05) is 5.56 Å². The van der Waals surface area contributed by atoms with Crippen LogP contribution in [0.15, 0.2) is 18.2 Å². The van der Waals surface area contributed by atoms with E-state index in [1.807, 2.05) is 25.1 Å². The predicted octanol–water partition coefficient (Wildman–Crippen LogP) is 1.38. The quantitative estimate of drug-likeness (QED) is 0.758. The standard InChI is InChI=1S/C13H14N4O2/c1-4-8-17-13(14-15-16-17)10-6-7-11(18-3)12(9-10)19-5-2/h1,6-7,9H,5,8H2,2-3H3. The topological polar surface area (TPSA) is 62.1 Å². The van der Waals surface area contributed by atoms with Crippen molar-refractivity contribution in [2.24, 2.45) is 0 Å². The molecule has 0 fully saturated rings. The van der Waals surface area contributed by atoms with E-state index in [9.17, 15) is 0 Å². The molecule has 0 amide bonds. The number of methoxy groups -OCH3 is 1. The second-order valence-electron chi connectivity index (χ2n) is 3.66. The summed E-state index contributed by atoms with van der Waals surface area (Å²) in [6, 6.07) is 5.51. The highest BCUT2D eigenvalue weighted by molar-refractivity contribution is 5.61. The van der Waals surface area contributed by atoms with E-state index >= 15 is 0 Å². The molecule has 0 aliphatic heterocycles. The fourth-order valence-corrected chi connectivity index (χ4v) is 1.69. The summed E-state index contributed by atoms with van der Waals surface area (Å²) in [5.74, 6) is 4.42. The second kappa shape index (κ2) is 5.87. The second-order valence-corrected chi connectivity index (χ2v) is 3.66. The van der Waals surface area contributed by atoms with Crippen molar-refractivity contribution < 1.29 is 9.47 Å². The molecule has 2 rings (SSSR count). The number of terminal acetylenes is 1. The van der Waals surface area contributed by atoms with Crippen molar-refractivity contribution in [1.82, 2.24) is 20.2 Å². The molecule has 1 aromatic carbocycles. The van der Waals surface area contributed by atoms with Crippen LogP contribution >= 0.6 is 0 Å². The van der Waals surface area contributed by atoms with Crippen molar-refractivity contribution >= 4 is 0 Å². The lowest BCUT2D eigenvalue weighted by Crippen LogP contribution is -2.02. The molecule has 0 aliphatic carbocycles. The van der Waals surface area contributed by atoms with Crippen molar-refractivity contribution in [3.05, 3.63) is 18.2 Å². The average molecular weight is 258 g/mol. The minimum Gasteiger partial charge on any atom is -0.493 e. The molecule has 2 aromatic rings. The molecule has 6 heteroatoms.